The first-order chi connectivity index (χ1) is 13.0. The van der Waals surface area contributed by atoms with E-state index in [1.807, 2.05) is 17.6 Å². The van der Waals surface area contributed by atoms with E-state index < -0.39 is 6.10 Å². The van der Waals surface area contributed by atoms with Crippen molar-refractivity contribution in [3.05, 3.63) is 53.7 Å². The zero-order chi connectivity index (χ0) is 18.7. The Morgan fingerprint density at radius 2 is 2.07 bits per heavy atom. The molecule has 4 aromatic rings. The number of halogens is 1. The van der Waals surface area contributed by atoms with Gasteiger partial charge < -0.3 is 14.6 Å². The van der Waals surface area contributed by atoms with Crippen molar-refractivity contribution in [2.75, 3.05) is 13.1 Å². The zero-order valence-corrected chi connectivity index (χ0v) is 14.5. The van der Waals surface area contributed by atoms with Gasteiger partial charge in [0.15, 0.2) is 0 Å². The van der Waals surface area contributed by atoms with Gasteiger partial charge in [0, 0.05) is 18.5 Å². The topological polar surface area (TPSA) is 87.0 Å². The molecule has 0 spiro atoms. The number of aliphatic hydroxyl groups excluding tert-OH is 1. The average molecular weight is 365 g/mol. The van der Waals surface area contributed by atoms with E-state index in [1.54, 1.807) is 23.2 Å². The van der Waals surface area contributed by atoms with Gasteiger partial charge in [-0.05, 0) is 37.3 Å². The van der Waals surface area contributed by atoms with E-state index in [0.717, 1.165) is 27.6 Å². The number of H-pyrrole nitrogens is 1. The molecule has 0 atom stereocenters. The lowest BCUT2D eigenvalue weighted by Crippen LogP contribution is -2.53. The van der Waals surface area contributed by atoms with E-state index >= 15 is 0 Å². The number of hydrogen-bond acceptors (Lipinski definition) is 4. The van der Waals surface area contributed by atoms with Gasteiger partial charge in [-0.1, -0.05) is 0 Å². The summed E-state index contributed by atoms with van der Waals surface area (Å²) in [4.78, 5) is 18.5. The molecule has 27 heavy (non-hydrogen) atoms. The van der Waals surface area contributed by atoms with Gasteiger partial charge in [-0.15, -0.1) is 0 Å². The Balaban J connectivity index is 1.64. The van der Waals surface area contributed by atoms with E-state index in [2.05, 4.69) is 15.2 Å². The standard InChI is InChI=1S/C19H16FN5O2/c1-10-15(5-3-14(22-10)19(27)24-8-12(26)9-24)25-16-4-2-11(20)6-13(16)18-17(25)7-21-23-18/h2-7,12,26H,8-9H2,1H3,(H,21,23). The van der Waals surface area contributed by atoms with Gasteiger partial charge in [0.05, 0.1) is 40.2 Å². The molecule has 1 fully saturated rings. The zero-order valence-electron chi connectivity index (χ0n) is 14.5. The van der Waals surface area contributed by atoms with Crippen LogP contribution in [0.5, 0.6) is 0 Å². The summed E-state index contributed by atoms with van der Waals surface area (Å²) in [5.41, 5.74) is 4.20. The van der Waals surface area contributed by atoms with Crippen LogP contribution in [0.25, 0.3) is 27.6 Å². The first-order valence-electron chi connectivity index (χ1n) is 8.61. The van der Waals surface area contributed by atoms with Crippen LogP contribution in [0.3, 0.4) is 0 Å². The summed E-state index contributed by atoms with van der Waals surface area (Å²) >= 11 is 0. The number of carbonyl (C=O) groups is 1. The van der Waals surface area contributed by atoms with Crippen molar-refractivity contribution in [3.63, 3.8) is 0 Å². The second kappa shape index (κ2) is 5.62. The Morgan fingerprint density at radius 3 is 2.81 bits per heavy atom. The minimum atomic E-state index is -0.449. The maximum Gasteiger partial charge on any atom is 0.272 e. The Morgan fingerprint density at radius 1 is 1.26 bits per heavy atom. The first kappa shape index (κ1) is 16.0. The molecule has 1 amide bonds. The molecule has 0 unspecified atom stereocenters. The number of aromatic amines is 1. The molecule has 5 rings (SSSR count). The number of nitrogens with one attached hydrogen (secondary N) is 1. The SMILES string of the molecule is Cc1nc(C(=O)N2CC(O)C2)ccc1-n1c2ccc(F)cc2c2[nH]ncc21. The lowest BCUT2D eigenvalue weighted by Gasteiger charge is -2.35. The summed E-state index contributed by atoms with van der Waals surface area (Å²) in [5, 5.41) is 17.1. The minimum Gasteiger partial charge on any atom is -0.389 e. The smallest absolute Gasteiger partial charge is 0.272 e. The van der Waals surface area contributed by atoms with E-state index in [-0.39, 0.29) is 11.7 Å². The fourth-order valence-electron chi connectivity index (χ4n) is 3.63. The number of benzene rings is 1. The van der Waals surface area contributed by atoms with Gasteiger partial charge in [0.2, 0.25) is 0 Å². The number of likely N-dealkylation sites (tertiary alicyclic amines) is 1. The molecule has 2 N–H and O–H groups in total. The van der Waals surface area contributed by atoms with Gasteiger partial charge >= 0.3 is 0 Å². The van der Waals surface area contributed by atoms with Crippen molar-refractivity contribution in [2.45, 2.75) is 13.0 Å². The molecular weight excluding hydrogens is 349 g/mol. The maximum absolute atomic E-state index is 13.7. The Kier molecular flexibility index (Phi) is 3.32. The van der Waals surface area contributed by atoms with Gasteiger partial charge in [-0.2, -0.15) is 5.10 Å². The molecule has 0 radical (unpaired) electrons. The molecule has 1 aromatic carbocycles. The van der Waals surface area contributed by atoms with Crippen LogP contribution in [-0.4, -0.2) is 54.9 Å². The van der Waals surface area contributed by atoms with Crippen molar-refractivity contribution < 1.29 is 14.3 Å². The summed E-state index contributed by atoms with van der Waals surface area (Å²) in [6, 6.07) is 8.12. The predicted molar refractivity (Wildman–Crippen MR) is 97.3 cm³/mol. The Bertz CT molecular complexity index is 1210. The molecule has 1 aliphatic rings. The van der Waals surface area contributed by atoms with E-state index in [9.17, 15) is 14.3 Å². The maximum atomic E-state index is 13.7. The molecule has 4 heterocycles. The van der Waals surface area contributed by atoms with Crippen LogP contribution in [0.1, 0.15) is 16.2 Å². The third-order valence-corrected chi connectivity index (χ3v) is 5.00. The summed E-state index contributed by atoms with van der Waals surface area (Å²) in [6.07, 6.45) is 1.24. The van der Waals surface area contributed by atoms with Crippen LogP contribution < -0.4 is 0 Å². The number of hydrogen-bond donors (Lipinski definition) is 2. The third kappa shape index (κ3) is 2.33. The van der Waals surface area contributed by atoms with Crippen LogP contribution in [0.2, 0.25) is 0 Å². The van der Waals surface area contributed by atoms with Crippen LogP contribution in [-0.2, 0) is 0 Å². The highest BCUT2D eigenvalue weighted by Crippen LogP contribution is 2.32. The summed E-state index contributed by atoms with van der Waals surface area (Å²) in [7, 11) is 0. The highest BCUT2D eigenvalue weighted by atomic mass is 19.1. The molecule has 7 nitrogen and oxygen atoms in total. The number of aromatic nitrogens is 4. The fourth-order valence-corrected chi connectivity index (χ4v) is 3.63. The van der Waals surface area contributed by atoms with Crippen molar-refractivity contribution in [1.82, 2.24) is 24.6 Å². The first-order valence-corrected chi connectivity index (χ1v) is 8.61. The molecule has 0 saturated carbocycles. The molecule has 3 aromatic heterocycles. The quantitative estimate of drug-likeness (QED) is 0.570. The number of aliphatic hydroxyl groups is 1. The van der Waals surface area contributed by atoms with Crippen molar-refractivity contribution in [2.24, 2.45) is 0 Å². The van der Waals surface area contributed by atoms with E-state index in [1.165, 1.54) is 12.1 Å². The highest BCUT2D eigenvalue weighted by Gasteiger charge is 2.30. The average Bonchev–Trinajstić information content (AvgIpc) is 3.20. The number of nitrogens with zero attached hydrogens (tertiary/aromatic N) is 4. The number of β-amino-alcohol motifs (C(OH)–C–C–N with tert-alkyl or cyclic N) is 1. The molecule has 8 heteroatoms. The molecule has 0 aliphatic carbocycles. The lowest BCUT2D eigenvalue weighted by molar-refractivity contribution is 0.00549. The second-order valence-electron chi connectivity index (χ2n) is 6.79. The summed E-state index contributed by atoms with van der Waals surface area (Å²) in [5.74, 6) is -0.508. The Labute approximate surface area is 153 Å². The normalized spacial score (nSPS) is 14.9. The van der Waals surface area contributed by atoms with Crippen LogP contribution >= 0.6 is 0 Å². The number of rotatable bonds is 2. The number of amides is 1. The fraction of sp³-hybridized carbons (Fsp3) is 0.211. The predicted octanol–water partition coefficient (Wildman–Crippen LogP) is 2.17. The van der Waals surface area contributed by atoms with Crippen LogP contribution in [0.4, 0.5) is 4.39 Å². The minimum absolute atomic E-state index is 0.192. The molecule has 1 saturated heterocycles. The van der Waals surface area contributed by atoms with Gasteiger partial charge in [0.25, 0.3) is 5.91 Å². The van der Waals surface area contributed by atoms with E-state index in [4.69, 9.17) is 0 Å². The molecular formula is C19H16FN5O2. The van der Waals surface area contributed by atoms with Gasteiger partial charge in [-0.25, -0.2) is 9.37 Å². The Hall–Kier alpha value is -3.26. The number of aryl methyl sites for hydroxylation is 1. The van der Waals surface area contributed by atoms with Crippen LogP contribution in [0.15, 0.2) is 36.5 Å². The largest absolute Gasteiger partial charge is 0.389 e. The van der Waals surface area contributed by atoms with Crippen molar-refractivity contribution in [1.29, 1.82) is 0 Å². The monoisotopic (exact) mass is 365 g/mol. The van der Waals surface area contributed by atoms with E-state index in [0.29, 0.717) is 24.5 Å². The number of carbonyl (C=O) groups excluding carboxylic acids is 1. The summed E-state index contributed by atoms with van der Waals surface area (Å²) in [6.45, 7) is 2.51. The number of fused-ring (bicyclic) bond motifs is 3. The van der Waals surface area contributed by atoms with Gasteiger partial charge in [0.1, 0.15) is 11.5 Å². The molecule has 0 bridgehead atoms. The van der Waals surface area contributed by atoms with Crippen molar-refractivity contribution in [3.8, 4) is 5.69 Å². The van der Waals surface area contributed by atoms with Gasteiger partial charge in [-0.3, -0.25) is 9.89 Å². The summed E-state index contributed by atoms with van der Waals surface area (Å²) < 4.78 is 15.7. The number of pyridine rings is 1. The third-order valence-electron chi connectivity index (χ3n) is 5.00. The highest BCUT2D eigenvalue weighted by molar-refractivity contribution is 6.07. The molecule has 1 aliphatic heterocycles. The molecule has 136 valence electrons. The van der Waals surface area contributed by atoms with Crippen molar-refractivity contribution >= 4 is 27.8 Å². The second-order valence-corrected chi connectivity index (χ2v) is 6.79. The van der Waals surface area contributed by atoms with Crippen LogP contribution in [0, 0.1) is 12.7 Å². The lowest BCUT2D eigenvalue weighted by atomic mass is 10.1.